The van der Waals surface area contributed by atoms with E-state index in [2.05, 4.69) is 5.32 Å². The van der Waals surface area contributed by atoms with Crippen molar-refractivity contribution in [2.24, 2.45) is 0 Å². The molecule has 0 aromatic heterocycles. The molecule has 0 fully saturated rings. The summed E-state index contributed by atoms with van der Waals surface area (Å²) in [6.07, 6.45) is -4.62. The average molecular weight is 141 g/mol. The van der Waals surface area contributed by atoms with Crippen LogP contribution in [0.5, 0.6) is 0 Å². The van der Waals surface area contributed by atoms with Crippen LogP contribution in [0.3, 0.4) is 0 Å². The van der Waals surface area contributed by atoms with E-state index in [-0.39, 0.29) is 6.54 Å². The molecule has 0 heterocycles. The molecule has 9 heavy (non-hydrogen) atoms. The van der Waals surface area contributed by atoms with Crippen LogP contribution in [0.4, 0.5) is 13.2 Å². The quantitative estimate of drug-likeness (QED) is 0.620. The normalized spacial score (nSPS) is 14.3. The van der Waals surface area contributed by atoms with Crippen molar-refractivity contribution in [2.75, 3.05) is 13.6 Å². The van der Waals surface area contributed by atoms with Crippen LogP contribution in [0.15, 0.2) is 0 Å². The Morgan fingerprint density at radius 3 is 2.22 bits per heavy atom. The monoisotopic (exact) mass is 141 g/mol. The Bertz CT molecular complexity index is 67.2. The summed E-state index contributed by atoms with van der Waals surface area (Å²) in [6.45, 7) is 0.00431. The van der Waals surface area contributed by atoms with Gasteiger partial charge in [-0.2, -0.15) is 0 Å². The van der Waals surface area contributed by atoms with Crippen molar-refractivity contribution in [1.29, 1.82) is 0 Å². The molecule has 0 aliphatic rings. The van der Waals surface area contributed by atoms with Crippen molar-refractivity contribution in [3.8, 4) is 0 Å². The van der Waals surface area contributed by atoms with E-state index in [1.54, 1.807) is 0 Å². The first kappa shape index (κ1) is 8.75. The number of alkyl halides is 3. The van der Waals surface area contributed by atoms with Crippen molar-refractivity contribution in [2.45, 2.75) is 19.0 Å². The minimum atomic E-state index is -2.53. The lowest BCUT2D eigenvalue weighted by Gasteiger charge is -2.04. The van der Waals surface area contributed by atoms with E-state index in [0.29, 0.717) is 0 Å². The number of hydrogen-bond acceptors (Lipinski definition) is 1. The number of nitrogens with one attached hydrogen (secondary N) is 1. The molecular formula is C5H10F3N. The number of halogens is 3. The second kappa shape index (κ2) is 4.61. The van der Waals surface area contributed by atoms with E-state index in [4.69, 9.17) is 0 Å². The predicted octanol–water partition coefficient (Wildman–Crippen LogP) is 1.20. The molecule has 0 amide bonds. The highest BCUT2D eigenvalue weighted by Crippen LogP contribution is 2.05. The Balaban J connectivity index is 3.15. The van der Waals surface area contributed by atoms with Crippen LogP contribution < -0.4 is 5.32 Å². The van der Waals surface area contributed by atoms with Gasteiger partial charge < -0.3 is 5.32 Å². The Morgan fingerprint density at radius 1 is 1.33 bits per heavy atom. The zero-order chi connectivity index (χ0) is 7.28. The third-order valence-electron chi connectivity index (χ3n) is 0.860. The first-order valence-corrected chi connectivity index (χ1v) is 2.73. The van der Waals surface area contributed by atoms with Gasteiger partial charge in [-0.15, -0.1) is 0 Å². The topological polar surface area (TPSA) is 12.0 Å². The third kappa shape index (κ3) is 5.62. The lowest BCUT2D eigenvalue weighted by molar-refractivity contribution is 0.101. The molecule has 0 radical (unpaired) electrons. The summed E-state index contributed by atoms with van der Waals surface area (Å²) in [5.41, 5.74) is 0. The molecule has 4 heteroatoms. The van der Waals surface area contributed by atoms with Gasteiger partial charge in [-0.3, -0.25) is 0 Å². The average Bonchev–Trinajstić information content (AvgIpc) is 1.63. The molecule has 0 aromatic rings. The molecule has 0 bridgehead atoms. The van der Waals surface area contributed by atoms with Crippen LogP contribution in [0.25, 0.3) is 0 Å². The summed E-state index contributed by atoms with van der Waals surface area (Å²) in [5, 5.41) is 2.46. The second-order valence-corrected chi connectivity index (χ2v) is 1.78. The molecule has 0 aliphatic carbocycles. The highest BCUT2D eigenvalue weighted by atomic mass is 19.3. The van der Waals surface area contributed by atoms with E-state index in [1.807, 2.05) is 0 Å². The molecule has 0 aromatic carbocycles. The first-order chi connectivity index (χ1) is 4.16. The minimum Gasteiger partial charge on any atom is -0.317 e. The molecule has 56 valence electrons. The molecule has 0 spiro atoms. The van der Waals surface area contributed by atoms with Gasteiger partial charge in [0.1, 0.15) is 6.17 Å². The number of rotatable bonds is 4. The van der Waals surface area contributed by atoms with Crippen LogP contribution >= 0.6 is 0 Å². The van der Waals surface area contributed by atoms with Crippen LogP contribution in [0, 0.1) is 0 Å². The Labute approximate surface area is 52.2 Å². The smallest absolute Gasteiger partial charge is 0.241 e. The molecule has 1 atom stereocenters. The van der Waals surface area contributed by atoms with Crippen molar-refractivity contribution >= 4 is 0 Å². The van der Waals surface area contributed by atoms with Gasteiger partial charge in [-0.05, 0) is 7.05 Å². The molecule has 1 nitrogen and oxygen atoms in total. The predicted molar refractivity (Wildman–Crippen MR) is 29.4 cm³/mol. The van der Waals surface area contributed by atoms with Crippen molar-refractivity contribution in [3.63, 3.8) is 0 Å². The van der Waals surface area contributed by atoms with E-state index < -0.39 is 19.0 Å². The summed E-state index contributed by atoms with van der Waals surface area (Å²) in [7, 11) is 1.53. The molecule has 1 N–H and O–H groups in total. The molecule has 0 rings (SSSR count). The lowest BCUT2D eigenvalue weighted by Crippen LogP contribution is -2.21. The Kier molecular flexibility index (Phi) is 4.48. The van der Waals surface area contributed by atoms with Crippen LogP contribution in [0.2, 0.25) is 0 Å². The van der Waals surface area contributed by atoms with Gasteiger partial charge in [0.15, 0.2) is 0 Å². The number of hydrogen-bond donors (Lipinski definition) is 1. The van der Waals surface area contributed by atoms with Crippen molar-refractivity contribution < 1.29 is 13.2 Å². The highest BCUT2D eigenvalue weighted by Gasteiger charge is 2.11. The van der Waals surface area contributed by atoms with Gasteiger partial charge in [-0.25, -0.2) is 13.2 Å². The van der Waals surface area contributed by atoms with Gasteiger partial charge in [0.25, 0.3) is 0 Å². The zero-order valence-electron chi connectivity index (χ0n) is 5.20. The van der Waals surface area contributed by atoms with E-state index in [1.165, 1.54) is 7.05 Å². The van der Waals surface area contributed by atoms with Crippen molar-refractivity contribution in [1.82, 2.24) is 5.32 Å². The Hall–Kier alpha value is -0.250. The second-order valence-electron chi connectivity index (χ2n) is 1.78. The standard InChI is InChI=1S/C5H10F3N/c1-9-3-4(6)2-5(7)8/h4-5,9H,2-3H2,1H3/t4-/m0/s1. The summed E-state index contributed by atoms with van der Waals surface area (Å²) in [5.74, 6) is 0. The maximum atomic E-state index is 12.1. The summed E-state index contributed by atoms with van der Waals surface area (Å²) in [6, 6.07) is 0. The van der Waals surface area contributed by atoms with E-state index in [9.17, 15) is 13.2 Å². The maximum Gasteiger partial charge on any atom is 0.241 e. The highest BCUT2D eigenvalue weighted by molar-refractivity contribution is 4.58. The van der Waals surface area contributed by atoms with Crippen molar-refractivity contribution in [3.05, 3.63) is 0 Å². The molecule has 0 unspecified atom stereocenters. The summed E-state index contributed by atoms with van der Waals surface area (Å²) in [4.78, 5) is 0. The lowest BCUT2D eigenvalue weighted by atomic mass is 10.3. The summed E-state index contributed by atoms with van der Waals surface area (Å²) >= 11 is 0. The van der Waals surface area contributed by atoms with Gasteiger partial charge >= 0.3 is 0 Å². The van der Waals surface area contributed by atoms with Crippen LogP contribution in [-0.4, -0.2) is 26.2 Å². The first-order valence-electron chi connectivity index (χ1n) is 2.73. The maximum absolute atomic E-state index is 12.1. The molecule has 0 saturated carbocycles. The zero-order valence-corrected chi connectivity index (χ0v) is 5.20. The van der Waals surface area contributed by atoms with Gasteiger partial charge in [0.2, 0.25) is 6.43 Å². The molecule has 0 saturated heterocycles. The van der Waals surface area contributed by atoms with Crippen LogP contribution in [-0.2, 0) is 0 Å². The fraction of sp³-hybridized carbons (Fsp3) is 1.00. The van der Waals surface area contributed by atoms with Gasteiger partial charge in [0.05, 0.1) is 0 Å². The van der Waals surface area contributed by atoms with Gasteiger partial charge in [-0.1, -0.05) is 0 Å². The Morgan fingerprint density at radius 2 is 1.89 bits per heavy atom. The SMILES string of the molecule is CNC[C@@H](F)CC(F)F. The fourth-order valence-electron chi connectivity index (χ4n) is 0.498. The molecule has 0 aliphatic heterocycles. The van der Waals surface area contributed by atoms with E-state index in [0.717, 1.165) is 0 Å². The third-order valence-corrected chi connectivity index (χ3v) is 0.860. The van der Waals surface area contributed by atoms with E-state index >= 15 is 0 Å². The minimum absolute atomic E-state index is 0.00431. The van der Waals surface area contributed by atoms with Gasteiger partial charge in [0, 0.05) is 13.0 Å². The van der Waals surface area contributed by atoms with Crippen LogP contribution in [0.1, 0.15) is 6.42 Å². The largest absolute Gasteiger partial charge is 0.317 e. The fourth-order valence-corrected chi connectivity index (χ4v) is 0.498. The summed E-state index contributed by atoms with van der Waals surface area (Å²) < 4.78 is 34.8. The molecular weight excluding hydrogens is 131 g/mol.